The Labute approximate surface area is 144 Å². The van der Waals surface area contributed by atoms with Gasteiger partial charge in [0.25, 0.3) is 0 Å². The molecule has 0 aliphatic carbocycles. The number of furan rings is 1. The minimum absolute atomic E-state index is 0.248. The molecule has 3 aromatic rings. The van der Waals surface area contributed by atoms with Crippen LogP contribution in [0.4, 0.5) is 10.5 Å². The number of ether oxygens (including phenoxy) is 1. The fourth-order valence-electron chi connectivity index (χ4n) is 2.28. The predicted molar refractivity (Wildman–Crippen MR) is 95.7 cm³/mol. The van der Waals surface area contributed by atoms with E-state index in [1.54, 1.807) is 36.8 Å². The zero-order chi connectivity index (χ0) is 16.8. The van der Waals surface area contributed by atoms with Crippen LogP contribution >= 0.6 is 11.3 Å². The van der Waals surface area contributed by atoms with Gasteiger partial charge in [-0.25, -0.2) is 4.79 Å². The average molecular weight is 342 g/mol. The van der Waals surface area contributed by atoms with Gasteiger partial charge < -0.3 is 19.8 Å². The van der Waals surface area contributed by atoms with Gasteiger partial charge in [0, 0.05) is 11.4 Å². The highest BCUT2D eigenvalue weighted by Crippen LogP contribution is 2.28. The Bertz CT molecular complexity index is 796. The van der Waals surface area contributed by atoms with Gasteiger partial charge in [0.05, 0.1) is 23.9 Å². The first-order valence-electron chi connectivity index (χ1n) is 7.57. The quantitative estimate of drug-likeness (QED) is 0.699. The van der Waals surface area contributed by atoms with Crippen LogP contribution in [0.1, 0.15) is 4.88 Å². The van der Waals surface area contributed by atoms with E-state index in [0.717, 1.165) is 17.1 Å². The topological polar surface area (TPSA) is 63.5 Å². The van der Waals surface area contributed by atoms with Crippen molar-refractivity contribution in [3.63, 3.8) is 0 Å². The Hall–Kier alpha value is -2.73. The van der Waals surface area contributed by atoms with Crippen LogP contribution in [0.3, 0.4) is 0 Å². The number of benzene rings is 1. The molecule has 0 saturated carbocycles. The summed E-state index contributed by atoms with van der Waals surface area (Å²) >= 11 is 1.67. The van der Waals surface area contributed by atoms with Gasteiger partial charge in [-0.05, 0) is 42.8 Å². The second-order valence-electron chi connectivity index (χ2n) is 5.07. The molecule has 0 unspecified atom stereocenters. The largest absolute Gasteiger partial charge is 0.495 e. The van der Waals surface area contributed by atoms with Crippen molar-refractivity contribution in [3.05, 3.63) is 59.7 Å². The van der Waals surface area contributed by atoms with Gasteiger partial charge in [-0.3, -0.25) is 0 Å². The summed E-state index contributed by atoms with van der Waals surface area (Å²) in [7, 11) is 1.58. The zero-order valence-electron chi connectivity index (χ0n) is 13.2. The number of carbonyl (C=O) groups excluding carboxylic acids is 1. The molecule has 0 atom stereocenters. The maximum Gasteiger partial charge on any atom is 0.319 e. The summed E-state index contributed by atoms with van der Waals surface area (Å²) in [4.78, 5) is 14.3. The number of urea groups is 1. The molecule has 2 N–H and O–H groups in total. The van der Waals surface area contributed by atoms with Gasteiger partial charge in [0.15, 0.2) is 0 Å². The molecular weight excluding hydrogens is 324 g/mol. The van der Waals surface area contributed by atoms with Gasteiger partial charge in [0.1, 0.15) is 11.5 Å². The standard InChI is InChI=1S/C18H18N2O3S/c1-22-15-6-3-2-5-14(15)20-18(21)19-11-10-13-8-9-17(24-13)16-7-4-12-23-16/h2-9,12H,10-11H2,1H3,(H2,19,20,21). The van der Waals surface area contributed by atoms with Crippen molar-refractivity contribution < 1.29 is 13.9 Å². The average Bonchev–Trinajstić information content (AvgIpc) is 3.26. The molecule has 1 aromatic carbocycles. The van der Waals surface area contributed by atoms with E-state index in [1.807, 2.05) is 30.3 Å². The van der Waals surface area contributed by atoms with E-state index in [1.165, 1.54) is 4.88 Å². The van der Waals surface area contributed by atoms with E-state index in [2.05, 4.69) is 16.7 Å². The summed E-state index contributed by atoms with van der Waals surface area (Å²) < 4.78 is 10.6. The number of amides is 2. The second kappa shape index (κ2) is 7.70. The fourth-order valence-corrected chi connectivity index (χ4v) is 3.25. The van der Waals surface area contributed by atoms with E-state index in [0.29, 0.717) is 18.0 Å². The van der Waals surface area contributed by atoms with Gasteiger partial charge in [-0.2, -0.15) is 0 Å². The number of methoxy groups -OCH3 is 1. The highest BCUT2D eigenvalue weighted by molar-refractivity contribution is 7.15. The SMILES string of the molecule is COc1ccccc1NC(=O)NCCc1ccc(-c2ccco2)s1. The van der Waals surface area contributed by atoms with Crippen molar-refractivity contribution in [2.45, 2.75) is 6.42 Å². The second-order valence-corrected chi connectivity index (χ2v) is 6.24. The molecule has 0 radical (unpaired) electrons. The normalized spacial score (nSPS) is 10.4. The van der Waals surface area contributed by atoms with E-state index in [9.17, 15) is 4.79 Å². The van der Waals surface area contributed by atoms with Crippen LogP contribution in [0.2, 0.25) is 0 Å². The van der Waals surface area contributed by atoms with Crippen LogP contribution in [0.15, 0.2) is 59.2 Å². The van der Waals surface area contributed by atoms with Gasteiger partial charge in [-0.15, -0.1) is 11.3 Å². The first-order chi connectivity index (χ1) is 11.8. The number of nitrogens with one attached hydrogen (secondary N) is 2. The molecule has 0 fully saturated rings. The lowest BCUT2D eigenvalue weighted by atomic mass is 10.3. The first-order valence-corrected chi connectivity index (χ1v) is 8.38. The number of hydrogen-bond acceptors (Lipinski definition) is 4. The third-order valence-corrected chi connectivity index (χ3v) is 4.60. The van der Waals surface area contributed by atoms with Crippen LogP contribution in [-0.2, 0) is 6.42 Å². The van der Waals surface area contributed by atoms with E-state index in [4.69, 9.17) is 9.15 Å². The number of rotatable bonds is 6. The van der Waals surface area contributed by atoms with Crippen molar-refractivity contribution in [2.75, 3.05) is 19.0 Å². The lowest BCUT2D eigenvalue weighted by Crippen LogP contribution is -2.30. The lowest BCUT2D eigenvalue weighted by Gasteiger charge is -2.10. The molecule has 2 amide bonds. The number of carbonyl (C=O) groups is 1. The molecule has 0 aliphatic rings. The summed E-state index contributed by atoms with van der Waals surface area (Å²) in [6, 6.07) is 15.0. The van der Waals surface area contributed by atoms with Crippen molar-refractivity contribution in [3.8, 4) is 16.4 Å². The maximum atomic E-state index is 12.0. The van der Waals surface area contributed by atoms with Gasteiger partial charge >= 0.3 is 6.03 Å². The summed E-state index contributed by atoms with van der Waals surface area (Å²) in [6.07, 6.45) is 2.43. The van der Waals surface area contributed by atoms with Crippen LogP contribution in [0.5, 0.6) is 5.75 Å². The molecule has 5 nitrogen and oxygen atoms in total. The van der Waals surface area contributed by atoms with Gasteiger partial charge in [0.2, 0.25) is 0 Å². The summed E-state index contributed by atoms with van der Waals surface area (Å²) in [5.41, 5.74) is 0.647. The smallest absolute Gasteiger partial charge is 0.319 e. The van der Waals surface area contributed by atoms with Crippen molar-refractivity contribution >= 4 is 23.1 Å². The third-order valence-electron chi connectivity index (χ3n) is 3.44. The molecule has 0 aliphatic heterocycles. The van der Waals surface area contributed by atoms with Gasteiger partial charge in [-0.1, -0.05) is 12.1 Å². The third kappa shape index (κ3) is 3.97. The summed E-state index contributed by atoms with van der Waals surface area (Å²) in [5, 5.41) is 5.64. The highest BCUT2D eigenvalue weighted by Gasteiger charge is 2.08. The molecule has 24 heavy (non-hydrogen) atoms. The Kier molecular flexibility index (Phi) is 5.18. The van der Waals surface area contributed by atoms with Crippen molar-refractivity contribution in [1.29, 1.82) is 0 Å². The monoisotopic (exact) mass is 342 g/mol. The minimum atomic E-state index is -0.248. The molecular formula is C18H18N2O3S. The summed E-state index contributed by atoms with van der Waals surface area (Å²) in [6.45, 7) is 0.555. The van der Waals surface area contributed by atoms with E-state index in [-0.39, 0.29) is 6.03 Å². The molecule has 0 saturated heterocycles. The van der Waals surface area contributed by atoms with Crippen LogP contribution in [0, 0.1) is 0 Å². The zero-order valence-corrected chi connectivity index (χ0v) is 14.1. The number of para-hydroxylation sites is 2. The number of hydrogen-bond donors (Lipinski definition) is 2. The molecule has 124 valence electrons. The lowest BCUT2D eigenvalue weighted by molar-refractivity contribution is 0.252. The Morgan fingerprint density at radius 1 is 1.17 bits per heavy atom. The Morgan fingerprint density at radius 2 is 2.04 bits per heavy atom. The highest BCUT2D eigenvalue weighted by atomic mass is 32.1. The van der Waals surface area contributed by atoms with Crippen LogP contribution in [-0.4, -0.2) is 19.7 Å². The van der Waals surface area contributed by atoms with E-state index >= 15 is 0 Å². The summed E-state index contributed by atoms with van der Waals surface area (Å²) in [5.74, 6) is 1.50. The Morgan fingerprint density at radius 3 is 2.83 bits per heavy atom. The predicted octanol–water partition coefficient (Wildman–Crippen LogP) is 4.38. The molecule has 6 heteroatoms. The van der Waals surface area contributed by atoms with Crippen LogP contribution in [0.25, 0.3) is 10.6 Å². The number of anilines is 1. The van der Waals surface area contributed by atoms with E-state index < -0.39 is 0 Å². The van der Waals surface area contributed by atoms with Crippen molar-refractivity contribution in [1.82, 2.24) is 5.32 Å². The minimum Gasteiger partial charge on any atom is -0.495 e. The number of thiophene rings is 1. The molecule has 0 spiro atoms. The fraction of sp³-hybridized carbons (Fsp3) is 0.167. The molecule has 3 rings (SSSR count). The van der Waals surface area contributed by atoms with Crippen LogP contribution < -0.4 is 15.4 Å². The maximum absolute atomic E-state index is 12.0. The molecule has 2 aromatic heterocycles. The van der Waals surface area contributed by atoms with Crippen molar-refractivity contribution in [2.24, 2.45) is 0 Å². The first kappa shape index (κ1) is 16.1. The molecule has 2 heterocycles. The Balaban J connectivity index is 1.49. The molecule has 0 bridgehead atoms.